The van der Waals surface area contributed by atoms with Gasteiger partial charge in [0, 0.05) is 13.1 Å². The van der Waals surface area contributed by atoms with Crippen LogP contribution in [-0.2, 0) is 17.8 Å². The lowest BCUT2D eigenvalue weighted by Gasteiger charge is -2.23. The Balaban J connectivity index is 2.12. The smallest absolute Gasteiger partial charge is 0.410 e. The number of amides is 1. The third-order valence-corrected chi connectivity index (χ3v) is 3.03. The van der Waals surface area contributed by atoms with Crippen LogP contribution < -0.4 is 0 Å². The molecule has 1 amide bonds. The summed E-state index contributed by atoms with van der Waals surface area (Å²) < 4.78 is 5.34. The highest BCUT2D eigenvalue weighted by Gasteiger charge is 2.17. The Morgan fingerprint density at radius 2 is 1.33 bits per heavy atom. The SMILES string of the molecule is CC(C)OC(=O)N(Cc1ccccc1)Cc1ccccc1. The highest BCUT2D eigenvalue weighted by atomic mass is 16.6. The molecule has 0 atom stereocenters. The summed E-state index contributed by atoms with van der Waals surface area (Å²) in [5.74, 6) is 0. The van der Waals surface area contributed by atoms with Gasteiger partial charge in [-0.1, -0.05) is 60.7 Å². The van der Waals surface area contributed by atoms with Crippen molar-refractivity contribution in [1.29, 1.82) is 0 Å². The second-order valence-electron chi connectivity index (χ2n) is 5.26. The first-order valence-corrected chi connectivity index (χ1v) is 7.18. The average Bonchev–Trinajstić information content (AvgIpc) is 2.48. The van der Waals surface area contributed by atoms with Gasteiger partial charge in [0.15, 0.2) is 0 Å². The fraction of sp³-hybridized carbons (Fsp3) is 0.278. The van der Waals surface area contributed by atoms with Gasteiger partial charge in [0.2, 0.25) is 0 Å². The zero-order chi connectivity index (χ0) is 15.1. The van der Waals surface area contributed by atoms with Gasteiger partial charge in [0.1, 0.15) is 0 Å². The number of hydrogen-bond acceptors (Lipinski definition) is 2. The Kier molecular flexibility index (Phi) is 5.38. The van der Waals surface area contributed by atoms with Crippen LogP contribution in [0.25, 0.3) is 0 Å². The molecule has 110 valence electrons. The van der Waals surface area contributed by atoms with E-state index in [-0.39, 0.29) is 12.2 Å². The molecule has 3 heteroatoms. The number of hydrogen-bond donors (Lipinski definition) is 0. The van der Waals surface area contributed by atoms with Gasteiger partial charge in [-0.2, -0.15) is 0 Å². The lowest BCUT2D eigenvalue weighted by molar-refractivity contribution is 0.0721. The molecule has 2 aromatic carbocycles. The number of ether oxygens (including phenoxy) is 1. The molecule has 0 aliphatic rings. The summed E-state index contributed by atoms with van der Waals surface area (Å²) in [6.45, 7) is 4.81. The number of benzene rings is 2. The van der Waals surface area contributed by atoms with Crippen molar-refractivity contribution in [3.8, 4) is 0 Å². The van der Waals surface area contributed by atoms with Crippen molar-refractivity contribution in [2.24, 2.45) is 0 Å². The van der Waals surface area contributed by atoms with E-state index in [4.69, 9.17) is 4.74 Å². The Bertz CT molecular complexity index is 510. The minimum absolute atomic E-state index is 0.119. The largest absolute Gasteiger partial charge is 0.447 e. The van der Waals surface area contributed by atoms with Gasteiger partial charge in [-0.3, -0.25) is 4.90 Å². The Hall–Kier alpha value is -2.29. The van der Waals surface area contributed by atoms with Crippen molar-refractivity contribution < 1.29 is 9.53 Å². The molecular weight excluding hydrogens is 262 g/mol. The Labute approximate surface area is 126 Å². The van der Waals surface area contributed by atoms with E-state index in [1.54, 1.807) is 4.90 Å². The van der Waals surface area contributed by atoms with Gasteiger partial charge in [-0.15, -0.1) is 0 Å². The molecule has 0 spiro atoms. The van der Waals surface area contributed by atoms with Crippen LogP contribution in [0.2, 0.25) is 0 Å². The molecule has 0 aliphatic heterocycles. The maximum Gasteiger partial charge on any atom is 0.410 e. The number of nitrogens with zero attached hydrogens (tertiary/aromatic N) is 1. The molecule has 21 heavy (non-hydrogen) atoms. The Morgan fingerprint density at radius 3 is 1.71 bits per heavy atom. The fourth-order valence-corrected chi connectivity index (χ4v) is 2.07. The monoisotopic (exact) mass is 283 g/mol. The number of carbonyl (C=O) groups is 1. The second kappa shape index (κ2) is 7.48. The van der Waals surface area contributed by atoms with Gasteiger partial charge >= 0.3 is 6.09 Å². The van der Waals surface area contributed by atoms with Crippen molar-refractivity contribution in [1.82, 2.24) is 4.90 Å². The normalized spacial score (nSPS) is 10.4. The van der Waals surface area contributed by atoms with E-state index < -0.39 is 0 Å². The summed E-state index contributed by atoms with van der Waals surface area (Å²) in [7, 11) is 0. The molecule has 0 aliphatic carbocycles. The van der Waals surface area contributed by atoms with Crippen molar-refractivity contribution in [3.05, 3.63) is 71.8 Å². The summed E-state index contributed by atoms with van der Waals surface area (Å²) >= 11 is 0. The topological polar surface area (TPSA) is 29.5 Å². The predicted octanol–water partition coefficient (Wildman–Crippen LogP) is 4.23. The molecule has 0 heterocycles. The summed E-state index contributed by atoms with van der Waals surface area (Å²) in [5, 5.41) is 0. The molecule has 0 radical (unpaired) electrons. The first kappa shape index (κ1) is 15.1. The van der Waals surface area contributed by atoms with Crippen LogP contribution in [0.3, 0.4) is 0 Å². The standard InChI is InChI=1S/C18H21NO2/c1-15(2)21-18(20)19(13-16-9-5-3-6-10-16)14-17-11-7-4-8-12-17/h3-12,15H,13-14H2,1-2H3. The first-order chi connectivity index (χ1) is 10.1. The van der Waals surface area contributed by atoms with E-state index in [1.807, 2.05) is 74.5 Å². The quantitative estimate of drug-likeness (QED) is 0.821. The summed E-state index contributed by atoms with van der Waals surface area (Å²) in [6, 6.07) is 19.9. The molecule has 0 unspecified atom stereocenters. The maximum absolute atomic E-state index is 12.3. The summed E-state index contributed by atoms with van der Waals surface area (Å²) in [5.41, 5.74) is 2.18. The van der Waals surface area contributed by atoms with E-state index >= 15 is 0 Å². The van der Waals surface area contributed by atoms with Crippen LogP contribution in [0, 0.1) is 0 Å². The van der Waals surface area contributed by atoms with Gasteiger partial charge in [0.05, 0.1) is 6.10 Å². The van der Waals surface area contributed by atoms with E-state index in [0.717, 1.165) is 11.1 Å². The zero-order valence-corrected chi connectivity index (χ0v) is 12.5. The van der Waals surface area contributed by atoms with E-state index in [9.17, 15) is 4.79 Å². The second-order valence-corrected chi connectivity index (χ2v) is 5.26. The third-order valence-electron chi connectivity index (χ3n) is 3.03. The van der Waals surface area contributed by atoms with E-state index in [2.05, 4.69) is 0 Å². The molecule has 0 bridgehead atoms. The van der Waals surface area contributed by atoms with Gasteiger partial charge in [-0.05, 0) is 25.0 Å². The molecule has 3 nitrogen and oxygen atoms in total. The highest BCUT2D eigenvalue weighted by Crippen LogP contribution is 2.12. The van der Waals surface area contributed by atoms with Gasteiger partial charge in [0.25, 0.3) is 0 Å². The molecule has 0 aromatic heterocycles. The predicted molar refractivity (Wildman–Crippen MR) is 83.7 cm³/mol. The van der Waals surface area contributed by atoms with Gasteiger partial charge in [-0.25, -0.2) is 4.79 Å². The van der Waals surface area contributed by atoms with Crippen LogP contribution in [0.5, 0.6) is 0 Å². The average molecular weight is 283 g/mol. The molecule has 2 rings (SSSR count). The summed E-state index contributed by atoms with van der Waals surface area (Å²) in [6.07, 6.45) is -0.399. The number of rotatable bonds is 5. The van der Waals surface area contributed by atoms with Crippen molar-refractivity contribution >= 4 is 6.09 Å². The van der Waals surface area contributed by atoms with E-state index in [0.29, 0.717) is 13.1 Å². The molecule has 0 saturated heterocycles. The fourth-order valence-electron chi connectivity index (χ4n) is 2.07. The van der Waals surface area contributed by atoms with Crippen molar-refractivity contribution in [2.45, 2.75) is 33.0 Å². The minimum atomic E-state index is -0.280. The maximum atomic E-state index is 12.3. The molecule has 2 aromatic rings. The van der Waals surface area contributed by atoms with Crippen LogP contribution in [0.15, 0.2) is 60.7 Å². The molecule has 0 saturated carbocycles. The summed E-state index contributed by atoms with van der Waals surface area (Å²) in [4.78, 5) is 14.0. The van der Waals surface area contributed by atoms with E-state index in [1.165, 1.54) is 0 Å². The molecular formula is C18H21NO2. The first-order valence-electron chi connectivity index (χ1n) is 7.18. The lowest BCUT2D eigenvalue weighted by atomic mass is 10.2. The third kappa shape index (κ3) is 4.95. The molecule has 0 fully saturated rings. The highest BCUT2D eigenvalue weighted by molar-refractivity contribution is 5.67. The van der Waals surface area contributed by atoms with Crippen LogP contribution in [0.1, 0.15) is 25.0 Å². The van der Waals surface area contributed by atoms with Crippen LogP contribution >= 0.6 is 0 Å². The van der Waals surface area contributed by atoms with Crippen LogP contribution in [0.4, 0.5) is 4.79 Å². The minimum Gasteiger partial charge on any atom is -0.447 e. The molecule has 0 N–H and O–H groups in total. The zero-order valence-electron chi connectivity index (χ0n) is 12.5. The van der Waals surface area contributed by atoms with Crippen LogP contribution in [-0.4, -0.2) is 17.1 Å². The van der Waals surface area contributed by atoms with Gasteiger partial charge < -0.3 is 4.74 Å². The Morgan fingerprint density at radius 1 is 0.905 bits per heavy atom. The van der Waals surface area contributed by atoms with Crippen molar-refractivity contribution in [2.75, 3.05) is 0 Å². The number of carbonyl (C=O) groups excluding carboxylic acids is 1. The lowest BCUT2D eigenvalue weighted by Crippen LogP contribution is -2.32. The van der Waals surface area contributed by atoms with Crippen molar-refractivity contribution in [3.63, 3.8) is 0 Å².